The van der Waals surface area contributed by atoms with E-state index in [1.54, 1.807) is 6.07 Å². The molecule has 3 rings (SSSR count). The van der Waals surface area contributed by atoms with Gasteiger partial charge >= 0.3 is 0 Å². The van der Waals surface area contributed by atoms with Crippen LogP contribution in [0.3, 0.4) is 0 Å². The fourth-order valence-corrected chi connectivity index (χ4v) is 3.58. The molecule has 3 nitrogen and oxygen atoms in total. The first-order valence-corrected chi connectivity index (χ1v) is 8.14. The average molecular weight is 291 g/mol. The van der Waals surface area contributed by atoms with Gasteiger partial charge in [-0.3, -0.25) is 4.90 Å². The van der Waals surface area contributed by atoms with Crippen molar-refractivity contribution >= 4 is 5.69 Å². The lowest BCUT2D eigenvalue weighted by atomic mass is 10.1. The number of halogens is 1. The first kappa shape index (κ1) is 14.8. The molecule has 4 heteroatoms. The monoisotopic (exact) mass is 291 g/mol. The van der Waals surface area contributed by atoms with Gasteiger partial charge in [0.05, 0.1) is 5.69 Å². The number of hydrogen-bond acceptors (Lipinski definition) is 3. The van der Waals surface area contributed by atoms with Crippen LogP contribution in [-0.4, -0.2) is 44.2 Å². The lowest BCUT2D eigenvalue weighted by molar-refractivity contribution is 0.260. The minimum atomic E-state index is -0.0864. The number of nitrogens with one attached hydrogen (secondary N) is 1. The van der Waals surface area contributed by atoms with Gasteiger partial charge in [-0.05, 0) is 64.0 Å². The molecule has 0 saturated carbocycles. The van der Waals surface area contributed by atoms with E-state index >= 15 is 0 Å². The van der Waals surface area contributed by atoms with Crippen molar-refractivity contribution in [3.8, 4) is 0 Å². The second-order valence-electron chi connectivity index (χ2n) is 6.35. The zero-order chi connectivity index (χ0) is 14.8. The highest BCUT2D eigenvalue weighted by Crippen LogP contribution is 2.29. The van der Waals surface area contributed by atoms with Crippen LogP contribution in [0.1, 0.15) is 37.8 Å². The average Bonchev–Trinajstić information content (AvgIpc) is 3.16. The first-order chi connectivity index (χ1) is 10.2. The molecule has 2 aliphatic heterocycles. The van der Waals surface area contributed by atoms with Gasteiger partial charge < -0.3 is 10.2 Å². The quantitative estimate of drug-likeness (QED) is 0.920. The van der Waals surface area contributed by atoms with E-state index in [4.69, 9.17) is 0 Å². The van der Waals surface area contributed by atoms with Crippen molar-refractivity contribution in [1.29, 1.82) is 0 Å². The summed E-state index contributed by atoms with van der Waals surface area (Å²) in [6, 6.07) is 6.47. The first-order valence-electron chi connectivity index (χ1n) is 8.14. The lowest BCUT2D eigenvalue weighted by Crippen LogP contribution is -2.35. The van der Waals surface area contributed by atoms with E-state index in [9.17, 15) is 4.39 Å². The number of benzene rings is 1. The molecule has 2 aliphatic rings. The highest BCUT2D eigenvalue weighted by molar-refractivity contribution is 5.50. The standard InChI is InChI=1S/C17H26FN3/c1-13(19-2)14-5-6-17(16(18)11-14)21-10-7-15(12-21)20-8-3-4-9-20/h5-6,11,13,15,19H,3-4,7-10,12H2,1-2H3. The SMILES string of the molecule is CNC(C)c1ccc(N2CCC(N3CCCC3)C2)c(F)c1. The fourth-order valence-electron chi connectivity index (χ4n) is 3.58. The molecule has 0 bridgehead atoms. The Hall–Kier alpha value is -1.13. The molecule has 1 N–H and O–H groups in total. The van der Waals surface area contributed by atoms with E-state index in [1.165, 1.54) is 25.9 Å². The van der Waals surface area contributed by atoms with Gasteiger partial charge in [0.1, 0.15) is 5.82 Å². The van der Waals surface area contributed by atoms with Crippen molar-refractivity contribution < 1.29 is 4.39 Å². The van der Waals surface area contributed by atoms with Crippen molar-refractivity contribution in [3.05, 3.63) is 29.6 Å². The summed E-state index contributed by atoms with van der Waals surface area (Å²) in [5.74, 6) is -0.0864. The summed E-state index contributed by atoms with van der Waals surface area (Å²) < 4.78 is 14.4. The maximum Gasteiger partial charge on any atom is 0.146 e. The third kappa shape index (κ3) is 3.06. The van der Waals surface area contributed by atoms with Crippen LogP contribution < -0.4 is 10.2 Å². The predicted molar refractivity (Wildman–Crippen MR) is 85.3 cm³/mol. The summed E-state index contributed by atoms with van der Waals surface area (Å²) in [6.07, 6.45) is 3.80. The molecule has 1 aromatic rings. The summed E-state index contributed by atoms with van der Waals surface area (Å²) in [5.41, 5.74) is 1.78. The van der Waals surface area contributed by atoms with Crippen LogP contribution in [0.2, 0.25) is 0 Å². The van der Waals surface area contributed by atoms with E-state index in [1.807, 2.05) is 26.1 Å². The topological polar surface area (TPSA) is 18.5 Å². The molecule has 2 fully saturated rings. The van der Waals surface area contributed by atoms with Gasteiger partial charge in [0.15, 0.2) is 0 Å². The normalized spacial score (nSPS) is 24.7. The van der Waals surface area contributed by atoms with E-state index in [-0.39, 0.29) is 11.9 Å². The Balaban J connectivity index is 1.69. The van der Waals surface area contributed by atoms with Crippen LogP contribution in [0.15, 0.2) is 18.2 Å². The van der Waals surface area contributed by atoms with Gasteiger partial charge in [-0.15, -0.1) is 0 Å². The number of likely N-dealkylation sites (tertiary alicyclic amines) is 1. The Morgan fingerprint density at radius 1 is 1.24 bits per heavy atom. The summed E-state index contributed by atoms with van der Waals surface area (Å²) in [6.45, 7) is 6.43. The largest absolute Gasteiger partial charge is 0.368 e. The van der Waals surface area contributed by atoms with Crippen molar-refractivity contribution in [3.63, 3.8) is 0 Å². The van der Waals surface area contributed by atoms with Crippen LogP contribution in [0.4, 0.5) is 10.1 Å². The zero-order valence-corrected chi connectivity index (χ0v) is 13.1. The van der Waals surface area contributed by atoms with Crippen molar-refractivity contribution in [2.24, 2.45) is 0 Å². The Morgan fingerprint density at radius 2 is 2.00 bits per heavy atom. The van der Waals surface area contributed by atoms with Gasteiger partial charge in [0.2, 0.25) is 0 Å². The van der Waals surface area contributed by atoms with E-state index in [0.717, 1.165) is 30.8 Å². The molecule has 1 aromatic carbocycles. The van der Waals surface area contributed by atoms with Gasteiger partial charge in [0, 0.05) is 25.2 Å². The van der Waals surface area contributed by atoms with Crippen LogP contribution >= 0.6 is 0 Å². The maximum atomic E-state index is 14.4. The molecule has 0 radical (unpaired) electrons. The minimum absolute atomic E-state index is 0.0864. The van der Waals surface area contributed by atoms with Gasteiger partial charge in [-0.25, -0.2) is 4.39 Å². The molecule has 116 valence electrons. The summed E-state index contributed by atoms with van der Waals surface area (Å²) >= 11 is 0. The van der Waals surface area contributed by atoms with Gasteiger partial charge in [-0.2, -0.15) is 0 Å². The van der Waals surface area contributed by atoms with Crippen LogP contribution in [-0.2, 0) is 0 Å². The maximum absolute atomic E-state index is 14.4. The molecule has 0 spiro atoms. The molecule has 0 aromatic heterocycles. The number of hydrogen-bond donors (Lipinski definition) is 1. The number of nitrogens with zero attached hydrogens (tertiary/aromatic N) is 2. The molecule has 21 heavy (non-hydrogen) atoms. The fraction of sp³-hybridized carbons (Fsp3) is 0.647. The van der Waals surface area contributed by atoms with Crippen molar-refractivity contribution in [2.45, 2.75) is 38.3 Å². The number of anilines is 1. The zero-order valence-electron chi connectivity index (χ0n) is 13.1. The molecular weight excluding hydrogens is 265 g/mol. The Labute approximate surface area is 127 Å². The van der Waals surface area contributed by atoms with Crippen LogP contribution in [0.25, 0.3) is 0 Å². The molecule has 2 heterocycles. The van der Waals surface area contributed by atoms with E-state index in [2.05, 4.69) is 15.1 Å². The smallest absolute Gasteiger partial charge is 0.146 e. The molecule has 0 aliphatic carbocycles. The second-order valence-corrected chi connectivity index (χ2v) is 6.35. The predicted octanol–water partition coefficient (Wildman–Crippen LogP) is 2.78. The second kappa shape index (κ2) is 6.32. The highest BCUT2D eigenvalue weighted by Gasteiger charge is 2.30. The summed E-state index contributed by atoms with van der Waals surface area (Å²) in [4.78, 5) is 4.79. The van der Waals surface area contributed by atoms with Gasteiger partial charge in [0.25, 0.3) is 0 Å². The third-order valence-electron chi connectivity index (χ3n) is 5.07. The Bertz CT molecular complexity index is 485. The summed E-state index contributed by atoms with van der Waals surface area (Å²) in [5, 5.41) is 3.15. The molecule has 2 saturated heterocycles. The third-order valence-corrected chi connectivity index (χ3v) is 5.07. The number of rotatable bonds is 4. The molecule has 2 unspecified atom stereocenters. The van der Waals surface area contributed by atoms with Crippen molar-refractivity contribution in [2.75, 3.05) is 38.1 Å². The Kier molecular flexibility index (Phi) is 4.45. The van der Waals surface area contributed by atoms with Gasteiger partial charge in [-0.1, -0.05) is 6.07 Å². The lowest BCUT2D eigenvalue weighted by Gasteiger charge is -2.25. The van der Waals surface area contributed by atoms with Crippen LogP contribution in [0, 0.1) is 5.82 Å². The summed E-state index contributed by atoms with van der Waals surface area (Å²) in [7, 11) is 1.90. The molecule has 0 amide bonds. The highest BCUT2D eigenvalue weighted by atomic mass is 19.1. The minimum Gasteiger partial charge on any atom is -0.368 e. The molecular formula is C17H26FN3. The molecule has 2 atom stereocenters. The van der Waals surface area contributed by atoms with E-state index < -0.39 is 0 Å². The van der Waals surface area contributed by atoms with E-state index in [0.29, 0.717) is 6.04 Å². The van der Waals surface area contributed by atoms with Crippen molar-refractivity contribution in [1.82, 2.24) is 10.2 Å². The Morgan fingerprint density at radius 3 is 2.67 bits per heavy atom. The van der Waals surface area contributed by atoms with Crippen LogP contribution in [0.5, 0.6) is 0 Å².